The second-order valence-corrected chi connectivity index (χ2v) is 11.8. The number of amides is 1. The molecule has 9 heteroatoms. The van der Waals surface area contributed by atoms with Gasteiger partial charge >= 0.3 is 0 Å². The number of hydrogen-bond donors (Lipinski definition) is 3. The van der Waals surface area contributed by atoms with E-state index in [0.717, 1.165) is 53.9 Å². The summed E-state index contributed by atoms with van der Waals surface area (Å²) in [4.78, 5) is 20.5. The molecule has 1 amide bonds. The van der Waals surface area contributed by atoms with E-state index < -0.39 is 17.1 Å². The van der Waals surface area contributed by atoms with Crippen molar-refractivity contribution in [1.29, 1.82) is 0 Å². The molecule has 3 aliphatic carbocycles. The van der Waals surface area contributed by atoms with Crippen molar-refractivity contribution < 1.29 is 19.7 Å². The Morgan fingerprint density at radius 1 is 1.08 bits per heavy atom. The fraction of sp³-hybridized carbons (Fsp3) is 0.467. The van der Waals surface area contributed by atoms with E-state index >= 15 is 0 Å². The van der Waals surface area contributed by atoms with Gasteiger partial charge in [0.2, 0.25) is 0 Å². The van der Waals surface area contributed by atoms with Crippen LogP contribution in [0.4, 0.5) is 0 Å². The number of nitrogens with one attached hydrogen (secondary N) is 1. The summed E-state index contributed by atoms with van der Waals surface area (Å²) in [6.07, 6.45) is 4.84. The number of rotatable bonds is 4. The van der Waals surface area contributed by atoms with E-state index in [2.05, 4.69) is 15.2 Å². The van der Waals surface area contributed by atoms with Gasteiger partial charge in [-0.05, 0) is 74.8 Å². The zero-order valence-corrected chi connectivity index (χ0v) is 23.1. The highest BCUT2D eigenvalue weighted by Gasteiger charge is 2.73. The van der Waals surface area contributed by atoms with Crippen LogP contribution in [0.25, 0.3) is 10.9 Å². The molecule has 1 spiro atoms. The fourth-order valence-corrected chi connectivity index (χ4v) is 8.06. The lowest BCUT2D eigenvalue weighted by molar-refractivity contribution is -0.191. The maximum Gasteiger partial charge on any atom is 0.270 e. The molecule has 8 rings (SSSR count). The molecule has 0 radical (unpaired) electrons. The van der Waals surface area contributed by atoms with Gasteiger partial charge in [0, 0.05) is 23.5 Å². The summed E-state index contributed by atoms with van der Waals surface area (Å²) in [5, 5.41) is 27.6. The molecule has 1 aromatic heterocycles. The number of pyridine rings is 1. The van der Waals surface area contributed by atoms with E-state index in [0.29, 0.717) is 24.3 Å². The third-order valence-electron chi connectivity index (χ3n) is 9.91. The summed E-state index contributed by atoms with van der Waals surface area (Å²) in [6.45, 7) is 1.94. The van der Waals surface area contributed by atoms with Crippen molar-refractivity contribution in [1.82, 2.24) is 15.2 Å². The van der Waals surface area contributed by atoms with Crippen molar-refractivity contribution in [3.63, 3.8) is 0 Å². The average Bonchev–Trinajstić information content (AvgIpc) is 3.65. The topological polar surface area (TPSA) is 94.9 Å². The number of para-hydroxylation sites is 1. The minimum atomic E-state index is -0.959. The number of carbonyl (C=O) groups excluding carboxylic acids is 1. The standard InChI is InChI=1S/C30H31N3O4.2ClH/c34-23-10-8-19-15-24-30(36)12-11-21(32-28(35)22-9-7-18-3-1-2-4-20(18)31-22)27-29(30,25(19)26(23)37-27)13-14-33(24)16-17-5-6-17;;/h1-4,7-10,17,21,24,27,34,36H,5-6,11-16H2,(H,32,35);2*1H/t21-,24-,27+,29+,30-;;/m1../s1. The SMILES string of the molecule is Cl.Cl.O=C(N[C@@H]1CC[C@@]2(O)[C@H]3Cc4ccc(O)c5c4[C@@]2(CCN3CC2CC2)[C@H]1O5)c1ccc2ccccc2n1. The van der Waals surface area contributed by atoms with E-state index in [1.54, 1.807) is 12.1 Å². The van der Waals surface area contributed by atoms with Gasteiger partial charge in [-0.25, -0.2) is 4.98 Å². The normalized spacial score (nSPS) is 31.9. The Morgan fingerprint density at radius 3 is 2.72 bits per heavy atom. The quantitative estimate of drug-likeness (QED) is 0.437. The smallest absolute Gasteiger partial charge is 0.270 e. The van der Waals surface area contributed by atoms with Crippen LogP contribution in [0, 0.1) is 5.92 Å². The number of aliphatic hydroxyl groups is 1. The van der Waals surface area contributed by atoms with E-state index in [1.165, 1.54) is 12.8 Å². The maximum atomic E-state index is 13.4. The van der Waals surface area contributed by atoms with Crippen LogP contribution in [0.3, 0.4) is 0 Å². The first kappa shape index (κ1) is 26.6. The number of hydrogen-bond acceptors (Lipinski definition) is 6. The zero-order valence-electron chi connectivity index (χ0n) is 21.5. The molecule has 2 aromatic carbocycles. The number of piperidine rings is 1. The lowest BCUT2D eigenvalue weighted by atomic mass is 9.48. The Hall–Kier alpha value is -2.58. The second kappa shape index (κ2) is 9.23. The zero-order chi connectivity index (χ0) is 24.9. The molecular weight excluding hydrogens is 537 g/mol. The molecular formula is C30H33Cl2N3O4. The first-order valence-corrected chi connectivity index (χ1v) is 13.6. The van der Waals surface area contributed by atoms with Gasteiger partial charge in [0.05, 0.1) is 22.6 Å². The van der Waals surface area contributed by atoms with Gasteiger partial charge in [0.1, 0.15) is 11.8 Å². The molecule has 3 N–H and O–H groups in total. The molecule has 2 aliphatic heterocycles. The summed E-state index contributed by atoms with van der Waals surface area (Å²) >= 11 is 0. The van der Waals surface area contributed by atoms with Crippen molar-refractivity contribution in [3.05, 3.63) is 65.4 Å². The number of phenols is 1. The molecule has 3 aromatic rings. The Morgan fingerprint density at radius 2 is 1.90 bits per heavy atom. The van der Waals surface area contributed by atoms with Gasteiger partial charge in [0.25, 0.3) is 5.91 Å². The van der Waals surface area contributed by atoms with Crippen LogP contribution in [-0.4, -0.2) is 62.9 Å². The molecule has 3 fully saturated rings. The Bertz CT molecular complexity index is 1470. The number of fused-ring (bicyclic) bond motifs is 1. The predicted octanol–water partition coefficient (Wildman–Crippen LogP) is 4.15. The van der Waals surface area contributed by atoms with Crippen molar-refractivity contribution >= 4 is 41.6 Å². The number of aromatic nitrogens is 1. The van der Waals surface area contributed by atoms with Crippen molar-refractivity contribution in [2.45, 2.75) is 67.7 Å². The first-order chi connectivity index (χ1) is 18.0. The molecule has 5 aliphatic rings. The highest BCUT2D eigenvalue weighted by Crippen LogP contribution is 2.65. The highest BCUT2D eigenvalue weighted by molar-refractivity contribution is 5.95. The van der Waals surface area contributed by atoms with Crippen LogP contribution >= 0.6 is 24.8 Å². The van der Waals surface area contributed by atoms with E-state index in [4.69, 9.17) is 4.74 Å². The molecule has 5 atom stereocenters. The van der Waals surface area contributed by atoms with Gasteiger partial charge in [-0.1, -0.05) is 30.3 Å². The highest BCUT2D eigenvalue weighted by atomic mass is 35.5. The van der Waals surface area contributed by atoms with Gasteiger partial charge in [-0.3, -0.25) is 9.69 Å². The number of aromatic hydroxyl groups is 1. The minimum Gasteiger partial charge on any atom is -0.504 e. The summed E-state index contributed by atoms with van der Waals surface area (Å²) < 4.78 is 6.56. The molecule has 1 saturated heterocycles. The third-order valence-corrected chi connectivity index (χ3v) is 9.91. The summed E-state index contributed by atoms with van der Waals surface area (Å²) in [6, 6.07) is 14.9. The molecule has 206 valence electrons. The van der Waals surface area contributed by atoms with E-state index in [-0.39, 0.29) is 48.6 Å². The van der Waals surface area contributed by atoms with Crippen LogP contribution in [0.5, 0.6) is 11.5 Å². The second-order valence-electron chi connectivity index (χ2n) is 11.8. The summed E-state index contributed by atoms with van der Waals surface area (Å²) in [5.41, 5.74) is 1.69. The number of phenolic OH excluding ortho intramolecular Hbond substituents is 1. The lowest BCUT2D eigenvalue weighted by Crippen LogP contribution is -2.78. The van der Waals surface area contributed by atoms with Crippen molar-refractivity contribution in [3.8, 4) is 11.5 Å². The number of ether oxygens (including phenoxy) is 1. The number of benzene rings is 2. The Balaban J connectivity index is 0.00000138. The monoisotopic (exact) mass is 569 g/mol. The molecule has 2 bridgehead atoms. The van der Waals surface area contributed by atoms with Crippen LogP contribution < -0.4 is 10.1 Å². The summed E-state index contributed by atoms with van der Waals surface area (Å²) in [7, 11) is 0. The fourth-order valence-electron chi connectivity index (χ4n) is 8.06. The maximum absolute atomic E-state index is 13.4. The van der Waals surface area contributed by atoms with Crippen molar-refractivity contribution in [2.24, 2.45) is 5.92 Å². The number of likely N-dealkylation sites (tertiary alicyclic amines) is 1. The first-order valence-electron chi connectivity index (χ1n) is 13.6. The molecule has 2 saturated carbocycles. The van der Waals surface area contributed by atoms with Gasteiger partial charge in [-0.2, -0.15) is 0 Å². The van der Waals surface area contributed by atoms with Gasteiger partial charge < -0.3 is 20.3 Å². The summed E-state index contributed by atoms with van der Waals surface area (Å²) in [5.74, 6) is 1.13. The lowest BCUT2D eigenvalue weighted by Gasteiger charge is -2.64. The van der Waals surface area contributed by atoms with Gasteiger partial charge in [-0.15, -0.1) is 24.8 Å². The van der Waals surface area contributed by atoms with Crippen LogP contribution in [0.2, 0.25) is 0 Å². The van der Waals surface area contributed by atoms with Crippen LogP contribution in [0.15, 0.2) is 48.5 Å². The minimum absolute atomic E-state index is 0. The van der Waals surface area contributed by atoms with Crippen LogP contribution in [0.1, 0.15) is 53.7 Å². The Kier molecular flexibility index (Phi) is 6.30. The largest absolute Gasteiger partial charge is 0.504 e. The number of nitrogens with zero attached hydrogens (tertiary/aromatic N) is 2. The van der Waals surface area contributed by atoms with E-state index in [9.17, 15) is 15.0 Å². The number of halogens is 2. The van der Waals surface area contributed by atoms with E-state index in [1.807, 2.05) is 36.4 Å². The van der Waals surface area contributed by atoms with Crippen LogP contribution in [-0.2, 0) is 11.8 Å². The molecule has 7 nitrogen and oxygen atoms in total. The predicted molar refractivity (Wildman–Crippen MR) is 152 cm³/mol. The number of carbonyl (C=O) groups is 1. The molecule has 3 heterocycles. The molecule has 39 heavy (non-hydrogen) atoms. The van der Waals surface area contributed by atoms with Crippen molar-refractivity contribution in [2.75, 3.05) is 13.1 Å². The Labute approximate surface area is 239 Å². The third kappa shape index (κ3) is 3.63. The average molecular weight is 571 g/mol. The molecule has 0 unspecified atom stereocenters. The van der Waals surface area contributed by atoms with Gasteiger partial charge in [0.15, 0.2) is 11.5 Å².